The molecule has 1 heterocycles. The number of nitrogens with zero attached hydrogens (tertiary/aromatic N) is 1. The Hall–Kier alpha value is -0.890. The molecule has 1 rings (SSSR count). The zero-order chi connectivity index (χ0) is 9.68. The normalized spacial score (nSPS) is 10.8. The quantitative estimate of drug-likeness (QED) is 0.762. The lowest BCUT2D eigenvalue weighted by Crippen LogP contribution is -2.25. The van der Waals surface area contributed by atoms with Crippen LogP contribution in [0.15, 0.2) is 18.3 Å². The molecule has 1 aromatic heterocycles. The van der Waals surface area contributed by atoms with Gasteiger partial charge in [-0.15, -0.1) is 0 Å². The summed E-state index contributed by atoms with van der Waals surface area (Å²) in [5.74, 6) is 0. The fraction of sp³-hybridized carbons (Fsp3) is 0.545. The summed E-state index contributed by atoms with van der Waals surface area (Å²) >= 11 is 0. The van der Waals surface area contributed by atoms with Crippen molar-refractivity contribution in [2.75, 3.05) is 6.54 Å². The molecule has 2 heteroatoms. The third-order valence-electron chi connectivity index (χ3n) is 2.06. The molecular weight excluding hydrogens is 160 g/mol. The van der Waals surface area contributed by atoms with Crippen molar-refractivity contribution in [3.05, 3.63) is 29.6 Å². The molecule has 0 amide bonds. The Morgan fingerprint density at radius 3 is 2.85 bits per heavy atom. The Morgan fingerprint density at radius 1 is 1.46 bits per heavy atom. The van der Waals surface area contributed by atoms with Crippen LogP contribution in [0.4, 0.5) is 0 Å². The molecular formula is C11H18N2. The highest BCUT2D eigenvalue weighted by molar-refractivity contribution is 5.18. The maximum atomic E-state index is 4.25. The number of nitrogens with one attached hydrogen (secondary N) is 1. The van der Waals surface area contributed by atoms with Crippen LogP contribution >= 0.6 is 0 Å². The molecule has 0 radical (unpaired) electrons. The van der Waals surface area contributed by atoms with Gasteiger partial charge in [-0.2, -0.15) is 0 Å². The van der Waals surface area contributed by atoms with Gasteiger partial charge in [0.25, 0.3) is 0 Å². The molecule has 0 aliphatic heterocycles. The number of pyridine rings is 1. The number of aryl methyl sites for hydroxylation is 1. The number of hydrogen-bond donors (Lipinski definition) is 1. The summed E-state index contributed by atoms with van der Waals surface area (Å²) in [7, 11) is 0. The highest BCUT2D eigenvalue weighted by Gasteiger charge is 1.98. The zero-order valence-electron chi connectivity index (χ0n) is 8.67. The van der Waals surface area contributed by atoms with Crippen LogP contribution in [0.5, 0.6) is 0 Å². The van der Waals surface area contributed by atoms with E-state index in [1.54, 1.807) is 0 Å². The molecule has 0 unspecified atom stereocenters. The fourth-order valence-electron chi connectivity index (χ4n) is 1.28. The molecule has 0 aliphatic carbocycles. The highest BCUT2D eigenvalue weighted by atomic mass is 14.9. The lowest BCUT2D eigenvalue weighted by molar-refractivity contribution is 0.589. The molecule has 1 N–H and O–H groups in total. The van der Waals surface area contributed by atoms with Crippen molar-refractivity contribution < 1.29 is 0 Å². The van der Waals surface area contributed by atoms with Crippen molar-refractivity contribution in [1.82, 2.24) is 10.3 Å². The molecule has 2 nitrogen and oxygen atoms in total. The fourth-order valence-corrected chi connectivity index (χ4v) is 1.28. The van der Waals surface area contributed by atoms with Gasteiger partial charge in [-0.25, -0.2) is 0 Å². The summed E-state index contributed by atoms with van der Waals surface area (Å²) in [6.45, 7) is 7.42. The van der Waals surface area contributed by atoms with Crippen molar-refractivity contribution in [3.8, 4) is 0 Å². The number of hydrogen-bond acceptors (Lipinski definition) is 2. The number of aromatic nitrogens is 1. The van der Waals surface area contributed by atoms with Gasteiger partial charge in [0, 0.05) is 17.9 Å². The molecule has 13 heavy (non-hydrogen) atoms. The zero-order valence-corrected chi connectivity index (χ0v) is 8.67. The minimum absolute atomic E-state index is 0.567. The smallest absolute Gasteiger partial charge is 0.0405 e. The average molecular weight is 178 g/mol. The number of rotatable bonds is 4. The van der Waals surface area contributed by atoms with E-state index < -0.39 is 0 Å². The molecule has 0 fully saturated rings. The van der Waals surface area contributed by atoms with Gasteiger partial charge in [-0.3, -0.25) is 4.98 Å². The Kier molecular flexibility index (Phi) is 3.90. The summed E-state index contributed by atoms with van der Waals surface area (Å²) in [4.78, 5) is 4.25. The molecule has 0 saturated carbocycles. The SMILES string of the molecule is Cc1ncccc1CCNC(C)C. The van der Waals surface area contributed by atoms with Gasteiger partial charge >= 0.3 is 0 Å². The molecule has 1 aromatic rings. The molecule has 0 atom stereocenters. The second-order valence-corrected chi connectivity index (χ2v) is 3.61. The predicted molar refractivity (Wildman–Crippen MR) is 55.8 cm³/mol. The van der Waals surface area contributed by atoms with Crippen LogP contribution in [0, 0.1) is 6.92 Å². The summed E-state index contributed by atoms with van der Waals surface area (Å²) in [6.07, 6.45) is 2.91. The first-order valence-corrected chi connectivity index (χ1v) is 4.84. The highest BCUT2D eigenvalue weighted by Crippen LogP contribution is 2.03. The molecule has 0 saturated heterocycles. The van der Waals surface area contributed by atoms with E-state index in [0.717, 1.165) is 18.7 Å². The van der Waals surface area contributed by atoms with E-state index in [1.807, 2.05) is 12.3 Å². The molecule has 0 aliphatic rings. The first kappa shape index (κ1) is 10.2. The second kappa shape index (κ2) is 4.97. The van der Waals surface area contributed by atoms with Gasteiger partial charge in [0.05, 0.1) is 0 Å². The van der Waals surface area contributed by atoms with Crippen molar-refractivity contribution in [2.45, 2.75) is 33.2 Å². The maximum Gasteiger partial charge on any atom is 0.0405 e. The monoisotopic (exact) mass is 178 g/mol. The average Bonchev–Trinajstić information content (AvgIpc) is 2.08. The standard InChI is InChI=1S/C11H18N2/c1-9(2)12-8-6-11-5-4-7-13-10(11)3/h4-5,7,9,12H,6,8H2,1-3H3. The molecule has 0 aromatic carbocycles. The molecule has 72 valence electrons. The van der Waals surface area contributed by atoms with E-state index >= 15 is 0 Å². The van der Waals surface area contributed by atoms with E-state index in [9.17, 15) is 0 Å². The van der Waals surface area contributed by atoms with Crippen molar-refractivity contribution in [2.24, 2.45) is 0 Å². The van der Waals surface area contributed by atoms with Crippen LogP contribution in [-0.2, 0) is 6.42 Å². The largest absolute Gasteiger partial charge is 0.314 e. The topological polar surface area (TPSA) is 24.9 Å². The van der Waals surface area contributed by atoms with Crippen LogP contribution in [0.25, 0.3) is 0 Å². The minimum atomic E-state index is 0.567. The first-order valence-electron chi connectivity index (χ1n) is 4.84. The van der Waals surface area contributed by atoms with Gasteiger partial charge < -0.3 is 5.32 Å². The van der Waals surface area contributed by atoms with E-state index in [4.69, 9.17) is 0 Å². The van der Waals surface area contributed by atoms with Gasteiger partial charge in [0.1, 0.15) is 0 Å². The van der Waals surface area contributed by atoms with Gasteiger partial charge in [-0.1, -0.05) is 19.9 Å². The Labute approximate surface area is 80.4 Å². The Morgan fingerprint density at radius 2 is 2.23 bits per heavy atom. The lowest BCUT2D eigenvalue weighted by Gasteiger charge is -2.08. The summed E-state index contributed by atoms with van der Waals surface area (Å²) < 4.78 is 0. The summed E-state index contributed by atoms with van der Waals surface area (Å²) in [6, 6.07) is 4.71. The van der Waals surface area contributed by atoms with E-state index in [0.29, 0.717) is 6.04 Å². The van der Waals surface area contributed by atoms with Crippen molar-refractivity contribution in [1.29, 1.82) is 0 Å². The Bertz CT molecular complexity index is 256. The molecule has 0 spiro atoms. The second-order valence-electron chi connectivity index (χ2n) is 3.61. The summed E-state index contributed by atoms with van der Waals surface area (Å²) in [5.41, 5.74) is 2.49. The van der Waals surface area contributed by atoms with Crippen LogP contribution < -0.4 is 5.32 Å². The summed E-state index contributed by atoms with van der Waals surface area (Å²) in [5, 5.41) is 3.39. The minimum Gasteiger partial charge on any atom is -0.314 e. The van der Waals surface area contributed by atoms with E-state index in [-0.39, 0.29) is 0 Å². The Balaban J connectivity index is 2.41. The maximum absolute atomic E-state index is 4.25. The van der Waals surface area contributed by atoms with Crippen LogP contribution in [-0.4, -0.2) is 17.6 Å². The lowest BCUT2D eigenvalue weighted by atomic mass is 10.1. The van der Waals surface area contributed by atoms with Crippen molar-refractivity contribution in [3.63, 3.8) is 0 Å². The third kappa shape index (κ3) is 3.55. The van der Waals surface area contributed by atoms with Crippen LogP contribution in [0.2, 0.25) is 0 Å². The molecule has 0 bridgehead atoms. The predicted octanol–water partition coefficient (Wildman–Crippen LogP) is 1.93. The van der Waals surface area contributed by atoms with E-state index in [1.165, 1.54) is 5.56 Å². The van der Waals surface area contributed by atoms with Gasteiger partial charge in [-0.05, 0) is 31.5 Å². The van der Waals surface area contributed by atoms with E-state index in [2.05, 4.69) is 37.1 Å². The van der Waals surface area contributed by atoms with Gasteiger partial charge in [0.2, 0.25) is 0 Å². The van der Waals surface area contributed by atoms with Crippen LogP contribution in [0.1, 0.15) is 25.1 Å². The third-order valence-corrected chi connectivity index (χ3v) is 2.06. The van der Waals surface area contributed by atoms with Crippen molar-refractivity contribution >= 4 is 0 Å². The van der Waals surface area contributed by atoms with Gasteiger partial charge in [0.15, 0.2) is 0 Å². The van der Waals surface area contributed by atoms with Crippen LogP contribution in [0.3, 0.4) is 0 Å². The first-order chi connectivity index (χ1) is 6.20.